The van der Waals surface area contributed by atoms with E-state index in [0.717, 1.165) is 0 Å². The molecule has 120 valence electrons. The van der Waals surface area contributed by atoms with Crippen molar-refractivity contribution in [2.45, 2.75) is 4.90 Å². The van der Waals surface area contributed by atoms with E-state index in [0.29, 0.717) is 11.3 Å². The SMILES string of the molecule is CNS(=O)(=O)c1ccc(NC(=O)/C=C/c2ccccc2F)cc1. The Morgan fingerprint density at radius 3 is 2.35 bits per heavy atom. The van der Waals surface area contributed by atoms with Gasteiger partial charge in [0.05, 0.1) is 4.90 Å². The van der Waals surface area contributed by atoms with Crippen molar-refractivity contribution in [1.29, 1.82) is 0 Å². The van der Waals surface area contributed by atoms with Crippen LogP contribution in [0.4, 0.5) is 10.1 Å². The first-order chi connectivity index (χ1) is 10.9. The molecule has 2 aromatic rings. The van der Waals surface area contributed by atoms with Gasteiger partial charge < -0.3 is 5.32 Å². The van der Waals surface area contributed by atoms with Crippen molar-refractivity contribution in [3.63, 3.8) is 0 Å². The van der Waals surface area contributed by atoms with Crippen LogP contribution in [0, 0.1) is 5.82 Å². The zero-order chi connectivity index (χ0) is 16.9. The predicted molar refractivity (Wildman–Crippen MR) is 86.8 cm³/mol. The predicted octanol–water partition coefficient (Wildman–Crippen LogP) is 2.39. The summed E-state index contributed by atoms with van der Waals surface area (Å²) in [4.78, 5) is 11.9. The lowest BCUT2D eigenvalue weighted by Gasteiger charge is -2.05. The maximum absolute atomic E-state index is 13.4. The monoisotopic (exact) mass is 334 g/mol. The molecule has 2 aromatic carbocycles. The van der Waals surface area contributed by atoms with Gasteiger partial charge in [0.2, 0.25) is 15.9 Å². The number of sulfonamides is 1. The summed E-state index contributed by atoms with van der Waals surface area (Å²) in [5.41, 5.74) is 0.737. The highest BCUT2D eigenvalue weighted by atomic mass is 32.2. The molecule has 0 aliphatic heterocycles. The van der Waals surface area contributed by atoms with Crippen LogP contribution in [0.25, 0.3) is 6.08 Å². The van der Waals surface area contributed by atoms with E-state index in [4.69, 9.17) is 0 Å². The summed E-state index contributed by atoms with van der Waals surface area (Å²) >= 11 is 0. The summed E-state index contributed by atoms with van der Waals surface area (Å²) in [6.07, 6.45) is 2.57. The van der Waals surface area contributed by atoms with Crippen LogP contribution >= 0.6 is 0 Å². The fourth-order valence-corrected chi connectivity index (χ4v) is 2.53. The lowest BCUT2D eigenvalue weighted by molar-refractivity contribution is -0.111. The van der Waals surface area contributed by atoms with Crippen LogP contribution in [-0.4, -0.2) is 21.4 Å². The van der Waals surface area contributed by atoms with Gasteiger partial charge in [0.15, 0.2) is 0 Å². The minimum Gasteiger partial charge on any atom is -0.323 e. The van der Waals surface area contributed by atoms with Gasteiger partial charge in [-0.1, -0.05) is 18.2 Å². The number of halogens is 1. The van der Waals surface area contributed by atoms with Crippen molar-refractivity contribution in [3.8, 4) is 0 Å². The Morgan fingerprint density at radius 2 is 1.74 bits per heavy atom. The zero-order valence-corrected chi connectivity index (χ0v) is 13.1. The molecule has 0 spiro atoms. The van der Waals surface area contributed by atoms with E-state index in [-0.39, 0.29) is 4.90 Å². The molecule has 0 aromatic heterocycles. The van der Waals surface area contributed by atoms with E-state index in [1.807, 2.05) is 0 Å². The largest absolute Gasteiger partial charge is 0.323 e. The van der Waals surface area contributed by atoms with Crippen molar-refractivity contribution in [1.82, 2.24) is 4.72 Å². The molecule has 5 nitrogen and oxygen atoms in total. The van der Waals surface area contributed by atoms with Crippen LogP contribution in [0.1, 0.15) is 5.56 Å². The Morgan fingerprint density at radius 1 is 1.09 bits per heavy atom. The van der Waals surface area contributed by atoms with Gasteiger partial charge in [0, 0.05) is 17.3 Å². The zero-order valence-electron chi connectivity index (χ0n) is 12.3. The average molecular weight is 334 g/mol. The lowest BCUT2D eigenvalue weighted by atomic mass is 10.2. The Hall–Kier alpha value is -2.51. The summed E-state index contributed by atoms with van der Waals surface area (Å²) < 4.78 is 38.8. The quantitative estimate of drug-likeness (QED) is 0.825. The highest BCUT2D eigenvalue weighted by Crippen LogP contribution is 2.14. The number of hydrogen-bond donors (Lipinski definition) is 2. The number of nitrogens with one attached hydrogen (secondary N) is 2. The van der Waals surface area contributed by atoms with Crippen LogP contribution < -0.4 is 10.0 Å². The van der Waals surface area contributed by atoms with Gasteiger partial charge in [-0.05, 0) is 43.5 Å². The Labute approximate surface area is 133 Å². The number of carbonyl (C=O) groups excluding carboxylic acids is 1. The van der Waals surface area contributed by atoms with Crippen LogP contribution in [0.3, 0.4) is 0 Å². The number of carbonyl (C=O) groups is 1. The number of hydrogen-bond acceptors (Lipinski definition) is 3. The molecule has 2 rings (SSSR count). The number of amides is 1. The first kappa shape index (κ1) is 16.9. The minimum atomic E-state index is -3.51. The van der Waals surface area contributed by atoms with E-state index in [1.165, 1.54) is 49.5 Å². The summed E-state index contributed by atoms with van der Waals surface area (Å²) in [6, 6.07) is 11.8. The van der Waals surface area contributed by atoms with E-state index in [2.05, 4.69) is 10.0 Å². The third-order valence-corrected chi connectivity index (χ3v) is 4.45. The van der Waals surface area contributed by atoms with Crippen molar-refractivity contribution in [2.24, 2.45) is 0 Å². The Kier molecular flexibility index (Phi) is 5.25. The molecule has 0 radical (unpaired) electrons. The van der Waals surface area contributed by atoms with Gasteiger partial charge in [-0.15, -0.1) is 0 Å². The molecular formula is C16H15FN2O3S. The van der Waals surface area contributed by atoms with Crippen LogP contribution in [-0.2, 0) is 14.8 Å². The van der Waals surface area contributed by atoms with E-state index in [9.17, 15) is 17.6 Å². The maximum atomic E-state index is 13.4. The van der Waals surface area contributed by atoms with Gasteiger partial charge in [-0.2, -0.15) is 0 Å². The normalized spacial score (nSPS) is 11.6. The number of anilines is 1. The molecular weight excluding hydrogens is 319 g/mol. The number of rotatable bonds is 5. The first-order valence-electron chi connectivity index (χ1n) is 6.69. The van der Waals surface area contributed by atoms with Gasteiger partial charge in [0.25, 0.3) is 0 Å². The molecule has 0 atom stereocenters. The Bertz CT molecular complexity index is 831. The van der Waals surface area contributed by atoms with Gasteiger partial charge in [0.1, 0.15) is 5.82 Å². The second kappa shape index (κ2) is 7.17. The molecule has 23 heavy (non-hydrogen) atoms. The molecule has 0 unspecified atom stereocenters. The van der Waals surface area contributed by atoms with Crippen LogP contribution in [0.15, 0.2) is 59.5 Å². The van der Waals surface area contributed by atoms with Gasteiger partial charge in [-0.25, -0.2) is 17.5 Å². The smallest absolute Gasteiger partial charge is 0.248 e. The van der Waals surface area contributed by atoms with Crippen LogP contribution in [0.5, 0.6) is 0 Å². The standard InChI is InChI=1S/C16H15FN2O3S/c1-18-23(21,22)14-9-7-13(8-10-14)19-16(20)11-6-12-4-2-3-5-15(12)17/h2-11,18H,1H3,(H,19,20)/b11-6+. The fourth-order valence-electron chi connectivity index (χ4n) is 1.79. The third-order valence-electron chi connectivity index (χ3n) is 3.02. The highest BCUT2D eigenvalue weighted by molar-refractivity contribution is 7.89. The summed E-state index contributed by atoms with van der Waals surface area (Å²) in [5, 5.41) is 2.56. The van der Waals surface area contributed by atoms with E-state index >= 15 is 0 Å². The molecule has 0 heterocycles. The second-order valence-corrected chi connectivity index (χ2v) is 6.46. The second-order valence-electron chi connectivity index (χ2n) is 4.58. The number of benzene rings is 2. The van der Waals surface area contributed by atoms with Crippen molar-refractivity contribution < 1.29 is 17.6 Å². The van der Waals surface area contributed by atoms with Gasteiger partial charge in [-0.3, -0.25) is 4.79 Å². The molecule has 0 aliphatic rings. The van der Waals surface area contributed by atoms with E-state index in [1.54, 1.807) is 18.2 Å². The molecule has 0 saturated carbocycles. The molecule has 0 fully saturated rings. The third kappa shape index (κ3) is 4.48. The van der Waals surface area contributed by atoms with E-state index < -0.39 is 21.7 Å². The molecule has 2 N–H and O–H groups in total. The molecule has 7 heteroatoms. The lowest BCUT2D eigenvalue weighted by Crippen LogP contribution is -2.18. The summed E-state index contributed by atoms with van der Waals surface area (Å²) in [7, 11) is -2.19. The Balaban J connectivity index is 2.05. The fraction of sp³-hybridized carbons (Fsp3) is 0.0625. The topological polar surface area (TPSA) is 75.3 Å². The average Bonchev–Trinajstić information content (AvgIpc) is 2.54. The maximum Gasteiger partial charge on any atom is 0.248 e. The highest BCUT2D eigenvalue weighted by Gasteiger charge is 2.10. The first-order valence-corrected chi connectivity index (χ1v) is 8.18. The molecule has 0 aliphatic carbocycles. The molecule has 0 bridgehead atoms. The summed E-state index contributed by atoms with van der Waals surface area (Å²) in [5.74, 6) is -0.865. The minimum absolute atomic E-state index is 0.0971. The van der Waals surface area contributed by atoms with Crippen LogP contribution in [0.2, 0.25) is 0 Å². The van der Waals surface area contributed by atoms with Crippen molar-refractivity contribution >= 4 is 27.7 Å². The summed E-state index contributed by atoms with van der Waals surface area (Å²) in [6.45, 7) is 0. The van der Waals surface area contributed by atoms with Crippen molar-refractivity contribution in [3.05, 3.63) is 66.0 Å². The van der Waals surface area contributed by atoms with Crippen molar-refractivity contribution in [2.75, 3.05) is 12.4 Å². The molecule has 1 amide bonds. The molecule has 0 saturated heterocycles. The van der Waals surface area contributed by atoms with Gasteiger partial charge >= 0.3 is 0 Å².